The fourth-order valence-electron chi connectivity index (χ4n) is 3.17. The average Bonchev–Trinajstić information content (AvgIpc) is 2.49. The number of nitrogens with two attached hydrogens (primary N) is 1. The molecule has 1 fully saturated rings. The average molecular weight is 277 g/mol. The zero-order valence-electron chi connectivity index (χ0n) is 12.7. The van der Waals surface area contributed by atoms with E-state index in [9.17, 15) is 0 Å². The Hall–Kier alpha value is -0.970. The number of pyridine rings is 1. The Bertz CT molecular complexity index is 383. The monoisotopic (exact) mass is 277 g/mol. The molecule has 4 heteroatoms. The van der Waals surface area contributed by atoms with E-state index in [1.165, 1.54) is 12.8 Å². The van der Waals surface area contributed by atoms with Gasteiger partial charge in [-0.15, -0.1) is 0 Å². The number of methoxy groups -OCH3 is 1. The van der Waals surface area contributed by atoms with E-state index in [0.29, 0.717) is 5.92 Å². The molecular formula is C16H27N3O. The first kappa shape index (κ1) is 15.4. The first-order valence-electron chi connectivity index (χ1n) is 7.65. The molecule has 0 spiro atoms. The van der Waals surface area contributed by atoms with Crippen molar-refractivity contribution in [3.05, 3.63) is 30.1 Å². The Morgan fingerprint density at radius 2 is 2.35 bits per heavy atom. The van der Waals surface area contributed by atoms with E-state index in [0.717, 1.165) is 31.8 Å². The van der Waals surface area contributed by atoms with E-state index >= 15 is 0 Å². The van der Waals surface area contributed by atoms with Crippen molar-refractivity contribution in [2.75, 3.05) is 26.8 Å². The summed E-state index contributed by atoms with van der Waals surface area (Å²) in [6.07, 6.45) is 5.29. The Balaban J connectivity index is 2.14. The zero-order chi connectivity index (χ0) is 14.4. The van der Waals surface area contributed by atoms with E-state index in [2.05, 4.69) is 22.9 Å². The number of hydrogen-bond donors (Lipinski definition) is 1. The molecule has 1 aromatic heterocycles. The predicted molar refractivity (Wildman–Crippen MR) is 81.4 cm³/mol. The minimum Gasteiger partial charge on any atom is -0.384 e. The van der Waals surface area contributed by atoms with Gasteiger partial charge in [0, 0.05) is 25.9 Å². The fraction of sp³-hybridized carbons (Fsp3) is 0.688. The fourth-order valence-corrected chi connectivity index (χ4v) is 3.17. The first-order chi connectivity index (χ1) is 9.76. The number of piperidine rings is 1. The molecule has 1 saturated heterocycles. The standard InChI is InChI=1S/C16H27N3O/c1-3-14(17)16(15-8-4-5-9-18-15)19-10-6-7-13(11-19)12-20-2/h4-5,8-9,13-14,16H,3,6-7,10-12,17H2,1-2H3. The lowest BCUT2D eigenvalue weighted by atomic mass is 9.93. The molecule has 0 bridgehead atoms. The minimum absolute atomic E-state index is 0.131. The van der Waals surface area contributed by atoms with Crippen molar-refractivity contribution in [2.45, 2.75) is 38.3 Å². The van der Waals surface area contributed by atoms with E-state index in [-0.39, 0.29) is 12.1 Å². The van der Waals surface area contributed by atoms with Crippen molar-refractivity contribution in [1.82, 2.24) is 9.88 Å². The van der Waals surface area contributed by atoms with Crippen LogP contribution >= 0.6 is 0 Å². The van der Waals surface area contributed by atoms with Gasteiger partial charge in [-0.1, -0.05) is 13.0 Å². The summed E-state index contributed by atoms with van der Waals surface area (Å²) in [4.78, 5) is 7.05. The molecule has 1 aromatic rings. The van der Waals surface area contributed by atoms with Gasteiger partial charge in [-0.2, -0.15) is 0 Å². The van der Waals surface area contributed by atoms with Crippen molar-refractivity contribution < 1.29 is 4.74 Å². The quantitative estimate of drug-likeness (QED) is 0.866. The topological polar surface area (TPSA) is 51.4 Å². The first-order valence-corrected chi connectivity index (χ1v) is 7.65. The van der Waals surface area contributed by atoms with Gasteiger partial charge in [0.25, 0.3) is 0 Å². The summed E-state index contributed by atoms with van der Waals surface area (Å²) in [5.41, 5.74) is 7.48. The molecule has 0 radical (unpaired) electrons. The molecular weight excluding hydrogens is 250 g/mol. The normalized spacial score (nSPS) is 23.4. The molecule has 0 aliphatic carbocycles. The number of aromatic nitrogens is 1. The van der Waals surface area contributed by atoms with Crippen molar-refractivity contribution in [3.63, 3.8) is 0 Å². The van der Waals surface area contributed by atoms with Gasteiger partial charge >= 0.3 is 0 Å². The number of hydrogen-bond acceptors (Lipinski definition) is 4. The Morgan fingerprint density at radius 3 is 3.00 bits per heavy atom. The summed E-state index contributed by atoms with van der Waals surface area (Å²) in [6.45, 7) is 5.15. The summed E-state index contributed by atoms with van der Waals surface area (Å²) in [7, 11) is 1.78. The van der Waals surface area contributed by atoms with Crippen LogP contribution in [0.1, 0.15) is 37.9 Å². The number of rotatable bonds is 6. The van der Waals surface area contributed by atoms with Crippen LogP contribution in [0.4, 0.5) is 0 Å². The summed E-state index contributed by atoms with van der Waals surface area (Å²) >= 11 is 0. The highest BCUT2D eigenvalue weighted by Gasteiger charge is 2.30. The van der Waals surface area contributed by atoms with Gasteiger partial charge in [0.1, 0.15) is 0 Å². The number of ether oxygens (including phenoxy) is 1. The van der Waals surface area contributed by atoms with Crippen molar-refractivity contribution in [2.24, 2.45) is 11.7 Å². The molecule has 3 unspecified atom stereocenters. The molecule has 112 valence electrons. The van der Waals surface area contributed by atoms with Crippen molar-refractivity contribution >= 4 is 0 Å². The van der Waals surface area contributed by atoms with E-state index in [1.54, 1.807) is 7.11 Å². The van der Waals surface area contributed by atoms with Crippen LogP contribution in [-0.4, -0.2) is 42.7 Å². The second-order valence-electron chi connectivity index (χ2n) is 5.73. The number of likely N-dealkylation sites (tertiary alicyclic amines) is 1. The van der Waals surface area contributed by atoms with Gasteiger partial charge in [0.05, 0.1) is 18.3 Å². The Labute approximate surface area is 122 Å². The van der Waals surface area contributed by atoms with Gasteiger partial charge in [-0.3, -0.25) is 9.88 Å². The summed E-state index contributed by atoms with van der Waals surface area (Å²) in [5.74, 6) is 0.615. The van der Waals surface area contributed by atoms with Crippen molar-refractivity contribution in [3.8, 4) is 0 Å². The van der Waals surface area contributed by atoms with Crippen LogP contribution in [0.5, 0.6) is 0 Å². The van der Waals surface area contributed by atoms with E-state index in [1.807, 2.05) is 18.3 Å². The molecule has 2 heterocycles. The van der Waals surface area contributed by atoms with Gasteiger partial charge in [-0.25, -0.2) is 0 Å². The van der Waals surface area contributed by atoms with Crippen molar-refractivity contribution in [1.29, 1.82) is 0 Å². The van der Waals surface area contributed by atoms with Crippen LogP contribution in [-0.2, 0) is 4.74 Å². The van der Waals surface area contributed by atoms with E-state index in [4.69, 9.17) is 10.5 Å². The lowest BCUT2D eigenvalue weighted by Crippen LogP contribution is -2.46. The molecule has 0 aromatic carbocycles. The SMILES string of the molecule is CCC(N)C(c1ccccn1)N1CCCC(COC)C1. The van der Waals surface area contributed by atoms with Crippen LogP contribution in [0.3, 0.4) is 0 Å². The van der Waals surface area contributed by atoms with Crippen LogP contribution in [0.2, 0.25) is 0 Å². The third-order valence-electron chi connectivity index (χ3n) is 4.21. The third-order valence-corrected chi connectivity index (χ3v) is 4.21. The van der Waals surface area contributed by atoms with Gasteiger partial charge in [-0.05, 0) is 43.9 Å². The van der Waals surface area contributed by atoms with Crippen LogP contribution in [0, 0.1) is 5.92 Å². The highest BCUT2D eigenvalue weighted by molar-refractivity contribution is 5.12. The van der Waals surface area contributed by atoms with Gasteiger partial charge < -0.3 is 10.5 Å². The second-order valence-corrected chi connectivity index (χ2v) is 5.73. The minimum atomic E-state index is 0.131. The Kier molecular flexibility index (Phi) is 5.95. The maximum Gasteiger partial charge on any atom is 0.0673 e. The van der Waals surface area contributed by atoms with Crippen LogP contribution in [0.15, 0.2) is 24.4 Å². The molecule has 1 aliphatic heterocycles. The molecule has 0 amide bonds. The van der Waals surface area contributed by atoms with E-state index < -0.39 is 0 Å². The smallest absolute Gasteiger partial charge is 0.0673 e. The third kappa shape index (κ3) is 3.78. The van der Waals surface area contributed by atoms with Crippen LogP contribution in [0.25, 0.3) is 0 Å². The van der Waals surface area contributed by atoms with Gasteiger partial charge in [0.2, 0.25) is 0 Å². The maximum atomic E-state index is 6.39. The molecule has 4 nitrogen and oxygen atoms in total. The molecule has 1 aliphatic rings. The summed E-state index contributed by atoms with van der Waals surface area (Å²) < 4.78 is 5.33. The lowest BCUT2D eigenvalue weighted by molar-refractivity contribution is 0.0584. The largest absolute Gasteiger partial charge is 0.384 e. The number of nitrogens with zero attached hydrogens (tertiary/aromatic N) is 2. The molecule has 2 N–H and O–H groups in total. The highest BCUT2D eigenvalue weighted by Crippen LogP contribution is 2.28. The lowest BCUT2D eigenvalue weighted by Gasteiger charge is -2.40. The van der Waals surface area contributed by atoms with Gasteiger partial charge in [0.15, 0.2) is 0 Å². The molecule has 0 saturated carbocycles. The zero-order valence-corrected chi connectivity index (χ0v) is 12.7. The Morgan fingerprint density at radius 1 is 1.50 bits per heavy atom. The van der Waals surface area contributed by atoms with Crippen LogP contribution < -0.4 is 5.73 Å². The summed E-state index contributed by atoms with van der Waals surface area (Å²) in [5, 5.41) is 0. The summed E-state index contributed by atoms with van der Waals surface area (Å²) in [6, 6.07) is 6.46. The highest BCUT2D eigenvalue weighted by atomic mass is 16.5. The predicted octanol–water partition coefficient (Wildman–Crippen LogP) is 2.22. The second kappa shape index (κ2) is 7.72. The molecule has 20 heavy (non-hydrogen) atoms. The maximum absolute atomic E-state index is 6.39. The molecule has 3 atom stereocenters. The molecule has 2 rings (SSSR count).